The smallest absolute Gasteiger partial charge is 0.0918 e. The topological polar surface area (TPSA) is 36.2 Å². The zero-order chi connectivity index (χ0) is 7.40. The Morgan fingerprint density at radius 1 is 1.27 bits per heavy atom. The van der Waals surface area contributed by atoms with Crippen LogP contribution in [0.15, 0.2) is 29.3 Å². The molecule has 0 aromatic heterocycles. The highest BCUT2D eigenvalue weighted by Crippen LogP contribution is 2.10. The largest absolute Gasteiger partial charge is 0.241 e. The highest BCUT2D eigenvalue weighted by atomic mass is 35.5. The summed E-state index contributed by atoms with van der Waals surface area (Å²) in [6.45, 7) is 2.01. The van der Waals surface area contributed by atoms with Crippen LogP contribution in [0, 0.1) is 12.3 Å². The van der Waals surface area contributed by atoms with Crippen LogP contribution < -0.4 is 0 Å². The van der Waals surface area contributed by atoms with Gasteiger partial charge in [0.05, 0.1) is 11.7 Å². The first kappa shape index (κ1) is 9.89. The Hall–Kier alpha value is -1.11. The lowest BCUT2D eigenvalue weighted by atomic mass is 10.2. The number of benzene rings is 1. The molecular weight excluding hydrogens is 160 g/mol. The van der Waals surface area contributed by atoms with Crippen LogP contribution in [0.5, 0.6) is 0 Å². The van der Waals surface area contributed by atoms with Crippen molar-refractivity contribution in [3.8, 4) is 0 Å². The van der Waals surface area contributed by atoms with E-state index in [0.717, 1.165) is 5.69 Å². The van der Waals surface area contributed by atoms with E-state index in [-0.39, 0.29) is 12.4 Å². The molecule has 0 fully saturated rings. The molecule has 1 aromatic rings. The van der Waals surface area contributed by atoms with E-state index >= 15 is 0 Å². The van der Waals surface area contributed by atoms with Crippen LogP contribution >= 0.6 is 12.4 Å². The fourth-order valence-electron chi connectivity index (χ4n) is 0.684. The van der Waals surface area contributed by atoms with E-state index in [1.807, 2.05) is 37.2 Å². The van der Waals surface area contributed by atoms with E-state index in [4.69, 9.17) is 5.41 Å². The van der Waals surface area contributed by atoms with E-state index in [2.05, 4.69) is 4.99 Å². The summed E-state index contributed by atoms with van der Waals surface area (Å²) in [5, 5.41) is 6.58. The zero-order valence-corrected chi connectivity index (χ0v) is 6.98. The van der Waals surface area contributed by atoms with Gasteiger partial charge in [0.1, 0.15) is 0 Å². The van der Waals surface area contributed by atoms with Gasteiger partial charge in [-0.25, -0.2) is 5.41 Å². The maximum Gasteiger partial charge on any atom is 0.0918 e. The minimum absolute atomic E-state index is 0. The number of nitrogens with one attached hydrogen (secondary N) is 1. The second-order valence-corrected chi connectivity index (χ2v) is 2.06. The number of nitrogens with zero attached hydrogens (tertiary/aromatic N) is 1. The summed E-state index contributed by atoms with van der Waals surface area (Å²) < 4.78 is 0. The Labute approximate surface area is 71.9 Å². The Bertz CT molecular complexity index is 260. The third-order valence-electron chi connectivity index (χ3n) is 1.22. The Balaban J connectivity index is 0.000001000. The highest BCUT2D eigenvalue weighted by molar-refractivity contribution is 5.85. The normalized spacial score (nSPS) is 7.73. The van der Waals surface area contributed by atoms with Crippen molar-refractivity contribution in [1.29, 1.82) is 5.41 Å². The number of hydrogen-bond acceptors (Lipinski definition) is 2. The van der Waals surface area contributed by atoms with Crippen LogP contribution in [-0.4, -0.2) is 6.01 Å². The molecule has 0 aliphatic rings. The lowest BCUT2D eigenvalue weighted by Gasteiger charge is -1.90. The fraction of sp³-hybridized carbons (Fsp3) is 0.125. The summed E-state index contributed by atoms with van der Waals surface area (Å²) in [5.41, 5.74) is 1.98. The zero-order valence-electron chi connectivity index (χ0n) is 6.16. The molecule has 3 heteroatoms. The van der Waals surface area contributed by atoms with Crippen LogP contribution in [0.1, 0.15) is 5.56 Å². The lowest BCUT2D eigenvalue weighted by molar-refractivity contribution is 1.43. The fourth-order valence-corrected chi connectivity index (χ4v) is 0.684. The van der Waals surface area contributed by atoms with Crippen LogP contribution in [-0.2, 0) is 0 Å². The van der Waals surface area contributed by atoms with Gasteiger partial charge in [0.15, 0.2) is 0 Å². The highest BCUT2D eigenvalue weighted by Gasteiger charge is 1.84. The number of aliphatic imine (C=N–C) groups is 1. The van der Waals surface area contributed by atoms with Crippen LogP contribution in [0.3, 0.4) is 0 Å². The molecule has 1 N–H and O–H groups in total. The minimum Gasteiger partial charge on any atom is -0.241 e. The molecule has 0 saturated carbocycles. The number of aryl methyl sites for hydroxylation is 1. The SMILES string of the molecule is Cc1ccc(N=C=N)cc1.Cl. The van der Waals surface area contributed by atoms with Crippen molar-refractivity contribution in [3.63, 3.8) is 0 Å². The van der Waals surface area contributed by atoms with Crippen molar-refractivity contribution in [2.75, 3.05) is 0 Å². The molecule has 0 spiro atoms. The minimum atomic E-state index is 0. The predicted octanol–water partition coefficient (Wildman–Crippen LogP) is 2.80. The standard InChI is InChI=1S/C8H8N2.ClH/c1-7-2-4-8(5-3-7)10-6-9;/h2-5,9H,1H3;1H. The summed E-state index contributed by atoms with van der Waals surface area (Å²) in [4.78, 5) is 3.66. The number of rotatable bonds is 1. The van der Waals surface area contributed by atoms with Gasteiger partial charge in [-0.15, -0.1) is 12.4 Å². The van der Waals surface area contributed by atoms with Gasteiger partial charge in [0.25, 0.3) is 0 Å². The summed E-state index contributed by atoms with van der Waals surface area (Å²) in [6.07, 6.45) is 0. The number of hydrogen-bond donors (Lipinski definition) is 1. The van der Waals surface area contributed by atoms with E-state index in [1.54, 1.807) is 0 Å². The second-order valence-electron chi connectivity index (χ2n) is 2.06. The van der Waals surface area contributed by atoms with Crippen molar-refractivity contribution in [1.82, 2.24) is 0 Å². The van der Waals surface area contributed by atoms with Gasteiger partial charge in [0.2, 0.25) is 0 Å². The van der Waals surface area contributed by atoms with Gasteiger partial charge in [-0.05, 0) is 19.1 Å². The monoisotopic (exact) mass is 168 g/mol. The molecule has 0 radical (unpaired) electrons. The van der Waals surface area contributed by atoms with Gasteiger partial charge < -0.3 is 0 Å². The maximum atomic E-state index is 6.58. The van der Waals surface area contributed by atoms with E-state index in [0.29, 0.717) is 0 Å². The maximum absolute atomic E-state index is 6.58. The Kier molecular flexibility index (Phi) is 4.20. The third kappa shape index (κ3) is 2.99. The van der Waals surface area contributed by atoms with Gasteiger partial charge in [0, 0.05) is 0 Å². The second kappa shape index (κ2) is 4.67. The molecule has 0 heterocycles. The average Bonchev–Trinajstić information content (AvgIpc) is 1.95. The molecule has 0 aliphatic carbocycles. The van der Waals surface area contributed by atoms with Crippen molar-refractivity contribution in [3.05, 3.63) is 29.8 Å². The van der Waals surface area contributed by atoms with E-state index in [1.165, 1.54) is 5.56 Å². The molecule has 11 heavy (non-hydrogen) atoms. The molecule has 2 nitrogen and oxygen atoms in total. The third-order valence-corrected chi connectivity index (χ3v) is 1.22. The first-order chi connectivity index (χ1) is 4.83. The Morgan fingerprint density at radius 3 is 2.27 bits per heavy atom. The first-order valence-corrected chi connectivity index (χ1v) is 3.02. The van der Waals surface area contributed by atoms with Crippen molar-refractivity contribution >= 4 is 24.1 Å². The lowest BCUT2D eigenvalue weighted by Crippen LogP contribution is -1.67. The molecule has 0 amide bonds. The molecule has 0 bridgehead atoms. The van der Waals surface area contributed by atoms with Gasteiger partial charge in [-0.2, -0.15) is 4.99 Å². The first-order valence-electron chi connectivity index (χ1n) is 3.02. The van der Waals surface area contributed by atoms with E-state index in [9.17, 15) is 0 Å². The molecule has 0 atom stereocenters. The molecule has 0 unspecified atom stereocenters. The van der Waals surface area contributed by atoms with Gasteiger partial charge >= 0.3 is 0 Å². The molecule has 58 valence electrons. The quantitative estimate of drug-likeness (QED) is 0.627. The summed E-state index contributed by atoms with van der Waals surface area (Å²) in [5.74, 6) is 0. The summed E-state index contributed by atoms with van der Waals surface area (Å²) >= 11 is 0. The summed E-state index contributed by atoms with van der Waals surface area (Å²) in [6, 6.07) is 9.60. The van der Waals surface area contributed by atoms with Crippen molar-refractivity contribution in [2.45, 2.75) is 6.92 Å². The molecule has 0 saturated heterocycles. The summed E-state index contributed by atoms with van der Waals surface area (Å²) in [7, 11) is 0. The van der Waals surface area contributed by atoms with Crippen molar-refractivity contribution in [2.24, 2.45) is 4.99 Å². The molecular formula is C8H9ClN2. The Morgan fingerprint density at radius 2 is 1.82 bits per heavy atom. The van der Waals surface area contributed by atoms with Crippen molar-refractivity contribution < 1.29 is 0 Å². The van der Waals surface area contributed by atoms with Crippen LogP contribution in [0.25, 0.3) is 0 Å². The molecule has 1 rings (SSSR count). The van der Waals surface area contributed by atoms with E-state index < -0.39 is 0 Å². The molecule has 1 aromatic carbocycles. The van der Waals surface area contributed by atoms with Gasteiger partial charge in [-0.3, -0.25) is 0 Å². The predicted molar refractivity (Wildman–Crippen MR) is 48.2 cm³/mol. The van der Waals surface area contributed by atoms with Crippen LogP contribution in [0.2, 0.25) is 0 Å². The molecule has 0 aliphatic heterocycles. The average molecular weight is 169 g/mol. The number of halogens is 1. The van der Waals surface area contributed by atoms with Crippen LogP contribution in [0.4, 0.5) is 5.69 Å². The van der Waals surface area contributed by atoms with Gasteiger partial charge in [-0.1, -0.05) is 17.7 Å².